The Morgan fingerprint density at radius 3 is 2.18 bits per heavy atom. The zero-order chi connectivity index (χ0) is 13.6. The summed E-state index contributed by atoms with van der Waals surface area (Å²) in [5.74, 6) is -0.710. The Morgan fingerprint density at radius 2 is 1.82 bits per heavy atom. The molecule has 17 heavy (non-hydrogen) atoms. The SMILES string of the molecule is CCN(C(=O)[C@H](N)CC(C)C)C(C)CC(=O)O. The molecule has 3 N–H and O–H groups in total. The normalized spacial score (nSPS) is 14.5. The smallest absolute Gasteiger partial charge is 0.305 e. The second kappa shape index (κ2) is 7.27. The number of carboxylic acid groups (broad SMARTS) is 1. The van der Waals surface area contributed by atoms with E-state index >= 15 is 0 Å². The molecule has 0 spiro atoms. The Balaban J connectivity index is 4.53. The first kappa shape index (κ1) is 15.9. The second-order valence-electron chi connectivity index (χ2n) is 4.81. The lowest BCUT2D eigenvalue weighted by Gasteiger charge is -2.30. The Hall–Kier alpha value is -1.10. The minimum atomic E-state index is -0.902. The van der Waals surface area contributed by atoms with Gasteiger partial charge >= 0.3 is 5.97 Å². The van der Waals surface area contributed by atoms with Crippen LogP contribution < -0.4 is 5.73 Å². The van der Waals surface area contributed by atoms with Crippen molar-refractivity contribution in [1.82, 2.24) is 4.90 Å². The zero-order valence-corrected chi connectivity index (χ0v) is 11.1. The van der Waals surface area contributed by atoms with Gasteiger partial charge in [-0.15, -0.1) is 0 Å². The Kier molecular flexibility index (Phi) is 6.80. The topological polar surface area (TPSA) is 83.6 Å². The second-order valence-corrected chi connectivity index (χ2v) is 4.81. The van der Waals surface area contributed by atoms with Crippen LogP contribution in [0.3, 0.4) is 0 Å². The van der Waals surface area contributed by atoms with Crippen molar-refractivity contribution in [3.63, 3.8) is 0 Å². The molecule has 0 heterocycles. The lowest BCUT2D eigenvalue weighted by atomic mass is 10.0. The molecule has 0 aliphatic rings. The molecular weight excluding hydrogens is 220 g/mol. The van der Waals surface area contributed by atoms with Crippen LogP contribution in [0.15, 0.2) is 0 Å². The first-order valence-electron chi connectivity index (χ1n) is 6.07. The lowest BCUT2D eigenvalue weighted by Crippen LogP contribution is -2.48. The van der Waals surface area contributed by atoms with Crippen molar-refractivity contribution < 1.29 is 14.7 Å². The van der Waals surface area contributed by atoms with Gasteiger partial charge in [0, 0.05) is 12.6 Å². The Labute approximate surface area is 103 Å². The average molecular weight is 244 g/mol. The number of carbonyl (C=O) groups is 2. The summed E-state index contributed by atoms with van der Waals surface area (Å²) < 4.78 is 0. The summed E-state index contributed by atoms with van der Waals surface area (Å²) >= 11 is 0. The fraction of sp³-hybridized carbons (Fsp3) is 0.833. The van der Waals surface area contributed by atoms with E-state index in [1.807, 2.05) is 20.8 Å². The van der Waals surface area contributed by atoms with Crippen molar-refractivity contribution in [3.05, 3.63) is 0 Å². The van der Waals surface area contributed by atoms with Crippen molar-refractivity contribution in [1.29, 1.82) is 0 Å². The molecule has 0 fully saturated rings. The number of carboxylic acids is 1. The van der Waals surface area contributed by atoms with E-state index in [0.29, 0.717) is 18.9 Å². The van der Waals surface area contributed by atoms with Crippen LogP contribution >= 0.6 is 0 Å². The largest absolute Gasteiger partial charge is 0.481 e. The number of nitrogens with two attached hydrogens (primary N) is 1. The molecule has 0 rings (SSSR count). The fourth-order valence-electron chi connectivity index (χ4n) is 1.87. The van der Waals surface area contributed by atoms with Gasteiger partial charge in [0.1, 0.15) is 0 Å². The molecule has 0 aliphatic heterocycles. The molecule has 100 valence electrons. The van der Waals surface area contributed by atoms with E-state index in [4.69, 9.17) is 10.8 Å². The van der Waals surface area contributed by atoms with E-state index in [-0.39, 0.29) is 18.4 Å². The number of nitrogens with zero attached hydrogens (tertiary/aromatic N) is 1. The Bertz CT molecular complexity index is 266. The summed E-state index contributed by atoms with van der Waals surface area (Å²) in [6, 6.07) is -0.852. The highest BCUT2D eigenvalue weighted by atomic mass is 16.4. The van der Waals surface area contributed by atoms with Crippen molar-refractivity contribution in [2.24, 2.45) is 11.7 Å². The highest BCUT2D eigenvalue weighted by molar-refractivity contribution is 5.82. The molecule has 0 aromatic rings. The van der Waals surface area contributed by atoms with E-state index in [2.05, 4.69) is 0 Å². The van der Waals surface area contributed by atoms with Gasteiger partial charge in [-0.05, 0) is 26.2 Å². The van der Waals surface area contributed by atoms with E-state index < -0.39 is 12.0 Å². The molecule has 5 nitrogen and oxygen atoms in total. The van der Waals surface area contributed by atoms with Crippen LogP contribution in [-0.4, -0.2) is 40.5 Å². The number of amides is 1. The third kappa shape index (κ3) is 5.68. The van der Waals surface area contributed by atoms with E-state index in [0.717, 1.165) is 0 Å². The molecular formula is C12H24N2O3. The summed E-state index contributed by atoms with van der Waals surface area (Å²) in [6.07, 6.45) is 0.573. The van der Waals surface area contributed by atoms with Crippen molar-refractivity contribution in [2.45, 2.75) is 52.6 Å². The molecule has 0 bridgehead atoms. The molecule has 0 radical (unpaired) electrons. The fourth-order valence-corrected chi connectivity index (χ4v) is 1.87. The van der Waals surface area contributed by atoms with Gasteiger partial charge in [-0.3, -0.25) is 9.59 Å². The molecule has 5 heteroatoms. The first-order chi connectivity index (χ1) is 7.79. The molecule has 1 unspecified atom stereocenters. The highest BCUT2D eigenvalue weighted by Crippen LogP contribution is 2.10. The van der Waals surface area contributed by atoms with Crippen LogP contribution in [0.4, 0.5) is 0 Å². The number of aliphatic carboxylic acids is 1. The summed E-state index contributed by atoms with van der Waals surface area (Å²) in [5, 5.41) is 8.72. The predicted octanol–water partition coefficient (Wildman–Crippen LogP) is 1.07. The van der Waals surface area contributed by atoms with Gasteiger partial charge in [0.2, 0.25) is 5.91 Å². The minimum Gasteiger partial charge on any atom is -0.481 e. The van der Waals surface area contributed by atoms with E-state index in [1.165, 1.54) is 0 Å². The maximum Gasteiger partial charge on any atom is 0.305 e. The molecule has 0 saturated carbocycles. The number of rotatable bonds is 7. The van der Waals surface area contributed by atoms with Gasteiger partial charge in [0.25, 0.3) is 0 Å². The molecule has 0 aromatic heterocycles. The lowest BCUT2D eigenvalue weighted by molar-refractivity contribution is -0.141. The molecule has 1 amide bonds. The van der Waals surface area contributed by atoms with Crippen LogP contribution in [0.1, 0.15) is 40.5 Å². The average Bonchev–Trinajstić information content (AvgIpc) is 2.16. The van der Waals surface area contributed by atoms with Gasteiger partial charge in [-0.25, -0.2) is 0 Å². The van der Waals surface area contributed by atoms with Crippen LogP contribution in [0.5, 0.6) is 0 Å². The zero-order valence-electron chi connectivity index (χ0n) is 11.1. The predicted molar refractivity (Wildman–Crippen MR) is 66.5 cm³/mol. The van der Waals surface area contributed by atoms with Crippen molar-refractivity contribution in [2.75, 3.05) is 6.54 Å². The minimum absolute atomic E-state index is 0.0476. The van der Waals surface area contributed by atoms with Crippen LogP contribution in [-0.2, 0) is 9.59 Å². The van der Waals surface area contributed by atoms with E-state index in [1.54, 1.807) is 11.8 Å². The summed E-state index contributed by atoms with van der Waals surface area (Å²) in [5.41, 5.74) is 5.82. The van der Waals surface area contributed by atoms with Crippen molar-refractivity contribution >= 4 is 11.9 Å². The summed E-state index contributed by atoms with van der Waals surface area (Å²) in [4.78, 5) is 24.2. The van der Waals surface area contributed by atoms with Gasteiger partial charge in [-0.1, -0.05) is 13.8 Å². The van der Waals surface area contributed by atoms with Crippen molar-refractivity contribution in [3.8, 4) is 0 Å². The highest BCUT2D eigenvalue weighted by Gasteiger charge is 2.25. The Morgan fingerprint density at radius 1 is 1.29 bits per heavy atom. The summed E-state index contributed by atoms with van der Waals surface area (Å²) in [7, 11) is 0. The van der Waals surface area contributed by atoms with Crippen LogP contribution in [0.2, 0.25) is 0 Å². The maximum atomic E-state index is 12.0. The maximum absolute atomic E-state index is 12.0. The van der Waals surface area contributed by atoms with Crippen LogP contribution in [0.25, 0.3) is 0 Å². The van der Waals surface area contributed by atoms with Gasteiger partial charge in [0.05, 0.1) is 12.5 Å². The monoisotopic (exact) mass is 244 g/mol. The standard InChI is InChI=1S/C12H24N2O3/c1-5-14(9(4)7-11(15)16)12(17)10(13)6-8(2)3/h8-10H,5-7,13H2,1-4H3,(H,15,16)/t9?,10-/m1/s1. The third-order valence-corrected chi connectivity index (χ3v) is 2.67. The van der Waals surface area contributed by atoms with E-state index in [9.17, 15) is 9.59 Å². The number of carbonyl (C=O) groups excluding carboxylic acids is 1. The van der Waals surface area contributed by atoms with Gasteiger partial charge in [0.15, 0.2) is 0 Å². The number of hydrogen-bond donors (Lipinski definition) is 2. The summed E-state index contributed by atoms with van der Waals surface area (Å²) in [6.45, 7) is 8.06. The van der Waals surface area contributed by atoms with Gasteiger partial charge < -0.3 is 15.7 Å². The number of hydrogen-bond acceptors (Lipinski definition) is 3. The van der Waals surface area contributed by atoms with Gasteiger partial charge in [-0.2, -0.15) is 0 Å². The number of likely N-dealkylation sites (N-methyl/N-ethyl adjacent to an activating group) is 1. The quantitative estimate of drug-likeness (QED) is 0.701. The first-order valence-corrected chi connectivity index (χ1v) is 6.07. The molecule has 0 aliphatic carbocycles. The molecule has 0 aromatic carbocycles. The third-order valence-electron chi connectivity index (χ3n) is 2.67. The van der Waals surface area contributed by atoms with Crippen LogP contribution in [0, 0.1) is 5.92 Å². The molecule has 0 saturated heterocycles. The molecule has 2 atom stereocenters.